The first kappa shape index (κ1) is 18.7. The van der Waals surface area contributed by atoms with Gasteiger partial charge in [-0.1, -0.05) is 11.6 Å². The van der Waals surface area contributed by atoms with Gasteiger partial charge in [0, 0.05) is 17.6 Å². The van der Waals surface area contributed by atoms with Crippen LogP contribution in [0.4, 0.5) is 4.39 Å². The number of carbonyl (C=O) groups is 2. The second-order valence-corrected chi connectivity index (χ2v) is 5.74. The Kier molecular flexibility index (Phi) is 6.77. The molecule has 0 saturated carbocycles. The highest BCUT2D eigenvalue weighted by molar-refractivity contribution is 6.30. The number of nitrogens with zero attached hydrogens (tertiary/aromatic N) is 1. The monoisotopic (exact) mass is 364 g/mol. The molecule has 1 N–H and O–H groups in total. The molecule has 2 aromatic carbocycles. The third-order valence-electron chi connectivity index (χ3n) is 3.44. The van der Waals surface area contributed by atoms with Crippen molar-refractivity contribution in [2.24, 2.45) is 0 Å². The minimum Gasteiger partial charge on any atom is -0.492 e. The van der Waals surface area contributed by atoms with E-state index in [0.29, 0.717) is 29.5 Å². The smallest absolute Gasteiger partial charge is 0.251 e. The summed E-state index contributed by atoms with van der Waals surface area (Å²) in [5, 5.41) is 3.13. The molecule has 0 fully saturated rings. The number of likely N-dealkylation sites (N-methyl/N-ethyl adjacent to an activating group) is 1. The van der Waals surface area contributed by atoms with E-state index in [4.69, 9.17) is 16.3 Å². The third-order valence-corrected chi connectivity index (χ3v) is 3.69. The zero-order chi connectivity index (χ0) is 18.2. The van der Waals surface area contributed by atoms with Crippen LogP contribution in [0.3, 0.4) is 0 Å². The molecule has 0 saturated heterocycles. The molecule has 0 spiro atoms. The number of carbonyl (C=O) groups excluding carboxylic acids is 2. The van der Waals surface area contributed by atoms with Gasteiger partial charge in [0.1, 0.15) is 18.2 Å². The largest absolute Gasteiger partial charge is 0.492 e. The number of hydrogen-bond acceptors (Lipinski definition) is 3. The van der Waals surface area contributed by atoms with Crippen molar-refractivity contribution in [1.82, 2.24) is 10.2 Å². The maximum Gasteiger partial charge on any atom is 0.251 e. The van der Waals surface area contributed by atoms with Gasteiger partial charge in [-0.25, -0.2) is 4.39 Å². The summed E-state index contributed by atoms with van der Waals surface area (Å²) in [5.74, 6) is -0.447. The molecule has 5 nitrogen and oxygen atoms in total. The molecule has 0 unspecified atom stereocenters. The van der Waals surface area contributed by atoms with Gasteiger partial charge in [0.25, 0.3) is 5.91 Å². The Labute approximate surface area is 150 Å². The van der Waals surface area contributed by atoms with Crippen LogP contribution in [0, 0.1) is 5.82 Å². The zero-order valence-corrected chi connectivity index (χ0v) is 14.4. The summed E-state index contributed by atoms with van der Waals surface area (Å²) in [6.07, 6.45) is 0. The minimum atomic E-state index is -0.431. The van der Waals surface area contributed by atoms with Gasteiger partial charge in [-0.3, -0.25) is 9.59 Å². The van der Waals surface area contributed by atoms with E-state index in [-0.39, 0.29) is 12.5 Å². The summed E-state index contributed by atoms with van der Waals surface area (Å²) in [7, 11) is 1.62. The summed E-state index contributed by atoms with van der Waals surface area (Å²) in [4.78, 5) is 25.3. The average Bonchev–Trinajstić information content (AvgIpc) is 2.61. The van der Waals surface area contributed by atoms with E-state index in [1.54, 1.807) is 31.3 Å². The molecule has 0 aliphatic heterocycles. The molecule has 0 radical (unpaired) electrons. The van der Waals surface area contributed by atoms with Crippen molar-refractivity contribution in [3.8, 4) is 5.75 Å². The summed E-state index contributed by atoms with van der Waals surface area (Å²) in [6, 6.07) is 12.0. The van der Waals surface area contributed by atoms with Gasteiger partial charge < -0.3 is 15.0 Å². The van der Waals surface area contributed by atoms with Crippen molar-refractivity contribution in [2.45, 2.75) is 0 Å². The first-order valence-electron chi connectivity index (χ1n) is 7.62. The molecule has 0 atom stereocenters. The predicted molar refractivity (Wildman–Crippen MR) is 93.3 cm³/mol. The topological polar surface area (TPSA) is 58.6 Å². The van der Waals surface area contributed by atoms with Gasteiger partial charge in [-0.2, -0.15) is 0 Å². The Morgan fingerprint density at radius 2 is 1.76 bits per heavy atom. The maximum absolute atomic E-state index is 12.8. The van der Waals surface area contributed by atoms with E-state index in [2.05, 4.69) is 5.32 Å². The number of benzene rings is 2. The van der Waals surface area contributed by atoms with E-state index < -0.39 is 11.7 Å². The lowest BCUT2D eigenvalue weighted by molar-refractivity contribution is -0.129. The Morgan fingerprint density at radius 3 is 2.40 bits per heavy atom. The quantitative estimate of drug-likeness (QED) is 0.821. The highest BCUT2D eigenvalue weighted by Gasteiger charge is 2.12. The standard InChI is InChI=1S/C18H18ClFN2O3/c1-22(10-11-25-16-8-4-14(19)5-9-16)17(23)12-21-18(24)13-2-6-15(20)7-3-13/h2-9H,10-12H2,1H3,(H,21,24). The Bertz CT molecular complexity index is 720. The second kappa shape index (κ2) is 9.03. The van der Waals surface area contributed by atoms with Gasteiger partial charge in [-0.05, 0) is 48.5 Å². The molecule has 0 aliphatic carbocycles. The SMILES string of the molecule is CN(CCOc1ccc(Cl)cc1)C(=O)CNC(=O)c1ccc(F)cc1. The van der Waals surface area contributed by atoms with E-state index in [9.17, 15) is 14.0 Å². The van der Waals surface area contributed by atoms with Gasteiger partial charge in [0.05, 0.1) is 13.1 Å². The summed E-state index contributed by atoms with van der Waals surface area (Å²) >= 11 is 5.79. The maximum atomic E-state index is 12.8. The molecule has 132 valence electrons. The molecule has 2 rings (SSSR count). The number of amides is 2. The molecule has 0 aliphatic rings. The van der Waals surface area contributed by atoms with E-state index in [0.717, 1.165) is 0 Å². The van der Waals surface area contributed by atoms with Crippen molar-refractivity contribution >= 4 is 23.4 Å². The van der Waals surface area contributed by atoms with Gasteiger partial charge in [-0.15, -0.1) is 0 Å². The number of nitrogens with one attached hydrogen (secondary N) is 1. The van der Waals surface area contributed by atoms with Crippen molar-refractivity contribution in [1.29, 1.82) is 0 Å². The van der Waals surface area contributed by atoms with Gasteiger partial charge in [0.15, 0.2) is 0 Å². The molecule has 2 amide bonds. The molecule has 2 aromatic rings. The van der Waals surface area contributed by atoms with Crippen molar-refractivity contribution in [3.05, 3.63) is 64.9 Å². The average molecular weight is 365 g/mol. The normalized spacial score (nSPS) is 10.2. The van der Waals surface area contributed by atoms with Crippen LogP contribution >= 0.6 is 11.6 Å². The lowest BCUT2D eigenvalue weighted by Gasteiger charge is -2.18. The van der Waals surface area contributed by atoms with Crippen LogP contribution in [0.2, 0.25) is 5.02 Å². The number of halogens is 2. The molecule has 0 heterocycles. The molecule has 7 heteroatoms. The lowest BCUT2D eigenvalue weighted by Crippen LogP contribution is -2.39. The molecule has 25 heavy (non-hydrogen) atoms. The van der Waals surface area contributed by atoms with Crippen molar-refractivity contribution in [2.75, 3.05) is 26.7 Å². The number of hydrogen-bond donors (Lipinski definition) is 1. The highest BCUT2D eigenvalue weighted by atomic mass is 35.5. The second-order valence-electron chi connectivity index (χ2n) is 5.31. The molecule has 0 bridgehead atoms. The van der Waals surface area contributed by atoms with Gasteiger partial charge >= 0.3 is 0 Å². The van der Waals surface area contributed by atoms with Gasteiger partial charge in [0.2, 0.25) is 5.91 Å². The van der Waals surface area contributed by atoms with E-state index >= 15 is 0 Å². The summed E-state index contributed by atoms with van der Waals surface area (Å²) in [5.41, 5.74) is 0.294. The van der Waals surface area contributed by atoms with Crippen molar-refractivity contribution in [3.63, 3.8) is 0 Å². The fourth-order valence-corrected chi connectivity index (χ4v) is 2.08. The molecule has 0 aromatic heterocycles. The first-order valence-corrected chi connectivity index (χ1v) is 7.99. The highest BCUT2D eigenvalue weighted by Crippen LogP contribution is 2.15. The first-order chi connectivity index (χ1) is 12.0. The molecular formula is C18H18ClFN2O3. The van der Waals surface area contributed by atoms with Crippen LogP contribution in [-0.2, 0) is 4.79 Å². The zero-order valence-electron chi connectivity index (χ0n) is 13.7. The fraction of sp³-hybridized carbons (Fsp3) is 0.222. The minimum absolute atomic E-state index is 0.145. The van der Waals surface area contributed by atoms with Crippen LogP contribution in [0.1, 0.15) is 10.4 Å². The summed E-state index contributed by atoms with van der Waals surface area (Å²) in [6.45, 7) is 0.539. The predicted octanol–water partition coefficient (Wildman–Crippen LogP) is 2.75. The van der Waals surface area contributed by atoms with Crippen LogP contribution in [-0.4, -0.2) is 43.5 Å². The lowest BCUT2D eigenvalue weighted by atomic mass is 10.2. The Balaban J connectivity index is 1.71. The Morgan fingerprint density at radius 1 is 1.12 bits per heavy atom. The van der Waals surface area contributed by atoms with Crippen LogP contribution in [0.15, 0.2) is 48.5 Å². The summed E-state index contributed by atoms with van der Waals surface area (Å²) < 4.78 is 18.3. The van der Waals surface area contributed by atoms with Crippen LogP contribution in [0.5, 0.6) is 5.75 Å². The van der Waals surface area contributed by atoms with Crippen LogP contribution < -0.4 is 10.1 Å². The fourth-order valence-electron chi connectivity index (χ4n) is 1.95. The number of ether oxygens (including phenoxy) is 1. The van der Waals surface area contributed by atoms with E-state index in [1.807, 2.05) is 0 Å². The molecular weight excluding hydrogens is 347 g/mol. The van der Waals surface area contributed by atoms with Crippen LogP contribution in [0.25, 0.3) is 0 Å². The van der Waals surface area contributed by atoms with Crippen molar-refractivity contribution < 1.29 is 18.7 Å². The third kappa shape index (κ3) is 6.08. The number of rotatable bonds is 7. The van der Waals surface area contributed by atoms with E-state index in [1.165, 1.54) is 29.2 Å². The Hall–Kier alpha value is -2.60.